The average Bonchev–Trinajstić information content (AvgIpc) is 2.48. The van der Waals surface area contributed by atoms with Crippen LogP contribution in [0.3, 0.4) is 0 Å². The molecule has 20 heavy (non-hydrogen) atoms. The lowest BCUT2D eigenvalue weighted by Gasteiger charge is -2.32. The van der Waals surface area contributed by atoms with Gasteiger partial charge in [-0.15, -0.1) is 0 Å². The number of nitrogens with one attached hydrogen (secondary N) is 1. The Balaban J connectivity index is 2.13. The van der Waals surface area contributed by atoms with Crippen LogP contribution in [-0.2, 0) is 10.0 Å². The van der Waals surface area contributed by atoms with Gasteiger partial charge in [0.15, 0.2) is 0 Å². The van der Waals surface area contributed by atoms with Crippen LogP contribution in [0.25, 0.3) is 6.08 Å². The summed E-state index contributed by atoms with van der Waals surface area (Å²) in [6.07, 6.45) is 3.43. The zero-order valence-corrected chi connectivity index (χ0v) is 12.6. The lowest BCUT2D eigenvalue weighted by molar-refractivity contribution is 0.273. The number of sulfonamides is 1. The molecule has 0 atom stereocenters. The molecule has 0 aromatic heterocycles. The van der Waals surface area contributed by atoms with Gasteiger partial charge in [-0.25, -0.2) is 8.42 Å². The Morgan fingerprint density at radius 1 is 1.25 bits per heavy atom. The third kappa shape index (κ3) is 3.91. The van der Waals surface area contributed by atoms with Crippen molar-refractivity contribution in [2.75, 3.05) is 19.6 Å². The lowest BCUT2D eigenvalue weighted by atomic mass is 10.1. The first-order valence-electron chi connectivity index (χ1n) is 7.09. The van der Waals surface area contributed by atoms with E-state index in [1.54, 1.807) is 10.4 Å². The molecule has 0 aliphatic carbocycles. The van der Waals surface area contributed by atoms with Crippen molar-refractivity contribution >= 4 is 16.1 Å². The molecular weight excluding hydrogens is 272 g/mol. The number of rotatable bonds is 5. The van der Waals surface area contributed by atoms with Gasteiger partial charge < -0.3 is 5.32 Å². The fourth-order valence-electron chi connectivity index (χ4n) is 2.55. The highest BCUT2D eigenvalue weighted by atomic mass is 32.2. The predicted octanol–water partition coefficient (Wildman–Crippen LogP) is 2.06. The summed E-state index contributed by atoms with van der Waals surface area (Å²) in [5.74, 6) is 0. The van der Waals surface area contributed by atoms with Gasteiger partial charge in [0.25, 0.3) is 0 Å². The fraction of sp³-hybridized carbons (Fsp3) is 0.467. The van der Waals surface area contributed by atoms with E-state index in [4.69, 9.17) is 0 Å². The first-order valence-corrected chi connectivity index (χ1v) is 8.59. The second kappa shape index (κ2) is 7.02. The molecule has 1 heterocycles. The maximum Gasteiger partial charge on any atom is 0.236 e. The van der Waals surface area contributed by atoms with E-state index in [-0.39, 0.29) is 6.04 Å². The molecule has 1 aliphatic heterocycles. The quantitative estimate of drug-likeness (QED) is 0.904. The standard InChI is InChI=1S/C15H22N2O2S/c1-2-17(15-8-11-16-12-9-15)20(18,19)13-10-14-6-4-3-5-7-14/h3-7,10,13,15-16H,2,8-9,11-12H2,1H3/b13-10+. The van der Waals surface area contributed by atoms with Gasteiger partial charge in [0.1, 0.15) is 0 Å². The monoisotopic (exact) mass is 294 g/mol. The van der Waals surface area contributed by atoms with Crippen LogP contribution in [0.4, 0.5) is 0 Å². The molecule has 0 saturated carbocycles. The zero-order chi connectivity index (χ0) is 14.4. The summed E-state index contributed by atoms with van der Waals surface area (Å²) in [4.78, 5) is 0. The molecule has 0 spiro atoms. The fourth-order valence-corrected chi connectivity index (χ4v) is 4.02. The van der Waals surface area contributed by atoms with E-state index in [0.29, 0.717) is 6.54 Å². The molecule has 1 aromatic carbocycles. The smallest absolute Gasteiger partial charge is 0.236 e. The summed E-state index contributed by atoms with van der Waals surface area (Å²) >= 11 is 0. The van der Waals surface area contributed by atoms with Gasteiger partial charge in [0, 0.05) is 18.0 Å². The zero-order valence-electron chi connectivity index (χ0n) is 11.8. The van der Waals surface area contributed by atoms with Crippen LogP contribution in [0.15, 0.2) is 35.7 Å². The Hall–Kier alpha value is -1.17. The van der Waals surface area contributed by atoms with Crippen molar-refractivity contribution in [2.24, 2.45) is 0 Å². The van der Waals surface area contributed by atoms with Crippen molar-refractivity contribution < 1.29 is 8.42 Å². The SMILES string of the molecule is CCN(C1CCNCC1)S(=O)(=O)/C=C/c1ccccc1. The van der Waals surface area contributed by atoms with Gasteiger partial charge >= 0.3 is 0 Å². The molecule has 0 bridgehead atoms. The third-order valence-electron chi connectivity index (χ3n) is 3.59. The molecule has 1 saturated heterocycles. The molecule has 1 N–H and O–H groups in total. The Morgan fingerprint density at radius 2 is 1.90 bits per heavy atom. The molecular formula is C15H22N2O2S. The highest BCUT2D eigenvalue weighted by molar-refractivity contribution is 7.92. The molecule has 0 radical (unpaired) electrons. The Morgan fingerprint density at radius 3 is 2.50 bits per heavy atom. The minimum Gasteiger partial charge on any atom is -0.317 e. The van der Waals surface area contributed by atoms with Crippen molar-refractivity contribution in [3.8, 4) is 0 Å². The Labute approximate surface area is 121 Å². The van der Waals surface area contributed by atoms with Gasteiger partial charge in [0.05, 0.1) is 0 Å². The lowest BCUT2D eigenvalue weighted by Crippen LogP contribution is -2.45. The van der Waals surface area contributed by atoms with Gasteiger partial charge in [-0.1, -0.05) is 37.3 Å². The van der Waals surface area contributed by atoms with Crippen LogP contribution in [0, 0.1) is 0 Å². The van der Waals surface area contributed by atoms with Crippen LogP contribution >= 0.6 is 0 Å². The number of piperidine rings is 1. The number of hydrogen-bond acceptors (Lipinski definition) is 3. The minimum absolute atomic E-state index is 0.117. The van der Waals surface area contributed by atoms with Crippen molar-refractivity contribution in [2.45, 2.75) is 25.8 Å². The molecule has 0 amide bonds. The molecule has 1 fully saturated rings. The summed E-state index contributed by atoms with van der Waals surface area (Å²) in [5.41, 5.74) is 0.900. The molecule has 2 rings (SSSR count). The molecule has 0 unspecified atom stereocenters. The van der Waals surface area contributed by atoms with Crippen LogP contribution in [0.5, 0.6) is 0 Å². The first-order chi connectivity index (χ1) is 9.63. The van der Waals surface area contributed by atoms with Gasteiger partial charge in [-0.3, -0.25) is 0 Å². The van der Waals surface area contributed by atoms with Crippen molar-refractivity contribution in [1.29, 1.82) is 0 Å². The van der Waals surface area contributed by atoms with E-state index in [1.165, 1.54) is 5.41 Å². The van der Waals surface area contributed by atoms with Crippen LogP contribution in [0.1, 0.15) is 25.3 Å². The minimum atomic E-state index is -3.35. The summed E-state index contributed by atoms with van der Waals surface area (Å²) in [6.45, 7) is 4.19. The van der Waals surface area contributed by atoms with E-state index in [0.717, 1.165) is 31.5 Å². The second-order valence-electron chi connectivity index (χ2n) is 4.94. The number of benzene rings is 1. The maximum atomic E-state index is 12.5. The van der Waals surface area contributed by atoms with Crippen LogP contribution < -0.4 is 5.32 Å². The van der Waals surface area contributed by atoms with Gasteiger partial charge in [0.2, 0.25) is 10.0 Å². The van der Waals surface area contributed by atoms with Crippen molar-refractivity contribution in [3.63, 3.8) is 0 Å². The number of hydrogen-bond donors (Lipinski definition) is 1. The molecule has 1 aliphatic rings. The predicted molar refractivity (Wildman–Crippen MR) is 82.7 cm³/mol. The Bertz CT molecular complexity index is 534. The molecule has 5 heteroatoms. The third-order valence-corrected chi connectivity index (χ3v) is 5.28. The molecule has 1 aromatic rings. The average molecular weight is 294 g/mol. The highest BCUT2D eigenvalue weighted by Crippen LogP contribution is 2.17. The summed E-state index contributed by atoms with van der Waals surface area (Å²) in [6, 6.07) is 9.62. The van der Waals surface area contributed by atoms with Crippen molar-refractivity contribution in [1.82, 2.24) is 9.62 Å². The molecule has 4 nitrogen and oxygen atoms in total. The van der Waals surface area contributed by atoms with E-state index in [2.05, 4.69) is 5.32 Å². The topological polar surface area (TPSA) is 49.4 Å². The summed E-state index contributed by atoms with van der Waals surface area (Å²) in [5, 5.41) is 4.59. The summed E-state index contributed by atoms with van der Waals surface area (Å²) < 4.78 is 26.5. The largest absolute Gasteiger partial charge is 0.317 e. The number of nitrogens with zero attached hydrogens (tertiary/aromatic N) is 1. The Kier molecular flexibility index (Phi) is 5.34. The highest BCUT2D eigenvalue weighted by Gasteiger charge is 2.27. The van der Waals surface area contributed by atoms with E-state index in [9.17, 15) is 8.42 Å². The second-order valence-corrected chi connectivity index (χ2v) is 6.71. The first kappa shape index (κ1) is 15.2. The van der Waals surface area contributed by atoms with Crippen LogP contribution in [-0.4, -0.2) is 38.4 Å². The van der Waals surface area contributed by atoms with E-state index < -0.39 is 10.0 Å². The van der Waals surface area contributed by atoms with Gasteiger partial charge in [-0.05, 0) is 37.6 Å². The van der Waals surface area contributed by atoms with E-state index >= 15 is 0 Å². The molecule has 110 valence electrons. The van der Waals surface area contributed by atoms with E-state index in [1.807, 2.05) is 37.3 Å². The van der Waals surface area contributed by atoms with Gasteiger partial charge in [-0.2, -0.15) is 4.31 Å². The maximum absolute atomic E-state index is 12.5. The van der Waals surface area contributed by atoms with Crippen LogP contribution in [0.2, 0.25) is 0 Å². The normalized spacial score (nSPS) is 17.9. The summed E-state index contributed by atoms with van der Waals surface area (Å²) in [7, 11) is -3.35. The van der Waals surface area contributed by atoms with Crippen molar-refractivity contribution in [3.05, 3.63) is 41.3 Å².